The first kappa shape index (κ1) is 12.6. The Hall–Kier alpha value is -0.450. The second-order valence-electron chi connectivity index (χ2n) is 5.09. The molecule has 0 aromatic heterocycles. The summed E-state index contributed by atoms with van der Waals surface area (Å²) in [6.07, 6.45) is -1.27. The van der Waals surface area contributed by atoms with Gasteiger partial charge in [-0.3, -0.25) is 4.79 Å². The second kappa shape index (κ2) is 3.85. The van der Waals surface area contributed by atoms with Gasteiger partial charge in [-0.15, -0.1) is 0 Å². The van der Waals surface area contributed by atoms with Crippen LogP contribution in [0.3, 0.4) is 0 Å². The summed E-state index contributed by atoms with van der Waals surface area (Å²) >= 11 is 0. The molecule has 1 aliphatic rings. The highest BCUT2D eigenvalue weighted by Crippen LogP contribution is 2.32. The van der Waals surface area contributed by atoms with Gasteiger partial charge in [-0.1, -0.05) is 13.8 Å². The third-order valence-corrected chi connectivity index (χ3v) is 3.03. The average Bonchev–Trinajstić information content (AvgIpc) is 2.44. The van der Waals surface area contributed by atoms with E-state index in [1.54, 1.807) is 27.7 Å². The van der Waals surface area contributed by atoms with Gasteiger partial charge in [0, 0.05) is 0 Å². The van der Waals surface area contributed by atoms with Crippen molar-refractivity contribution in [3.8, 4) is 0 Å². The number of carbonyl (C=O) groups is 1. The summed E-state index contributed by atoms with van der Waals surface area (Å²) in [5.41, 5.74) is -0.797. The first-order valence-electron chi connectivity index (χ1n) is 5.18. The SMILES string of the molecule is CC(=O)C(C)(C)[C@H](O)[C@@H]1COC(C)(C)O1. The van der Waals surface area contributed by atoms with E-state index in [2.05, 4.69) is 0 Å². The molecule has 0 aromatic carbocycles. The molecule has 0 aromatic rings. The van der Waals surface area contributed by atoms with E-state index in [1.165, 1.54) is 6.92 Å². The fourth-order valence-electron chi connectivity index (χ4n) is 1.54. The van der Waals surface area contributed by atoms with Crippen LogP contribution < -0.4 is 0 Å². The third-order valence-electron chi connectivity index (χ3n) is 3.03. The lowest BCUT2D eigenvalue weighted by Gasteiger charge is -2.31. The molecule has 1 aliphatic heterocycles. The fraction of sp³-hybridized carbons (Fsp3) is 0.909. The normalized spacial score (nSPS) is 27.7. The zero-order chi connectivity index (χ0) is 11.9. The maximum absolute atomic E-state index is 11.4. The fourth-order valence-corrected chi connectivity index (χ4v) is 1.54. The van der Waals surface area contributed by atoms with Crippen LogP contribution in [0.25, 0.3) is 0 Å². The Morgan fingerprint density at radius 3 is 2.40 bits per heavy atom. The van der Waals surface area contributed by atoms with Crippen molar-refractivity contribution >= 4 is 5.78 Å². The number of aliphatic hydroxyl groups excluding tert-OH is 1. The summed E-state index contributed by atoms with van der Waals surface area (Å²) < 4.78 is 10.9. The maximum Gasteiger partial charge on any atom is 0.163 e. The minimum atomic E-state index is -0.836. The lowest BCUT2D eigenvalue weighted by atomic mass is 9.80. The van der Waals surface area contributed by atoms with Gasteiger partial charge < -0.3 is 14.6 Å². The van der Waals surface area contributed by atoms with Crippen LogP contribution in [-0.2, 0) is 14.3 Å². The van der Waals surface area contributed by atoms with E-state index in [1.807, 2.05) is 0 Å². The molecule has 4 nitrogen and oxygen atoms in total. The highest BCUT2D eigenvalue weighted by Gasteiger charge is 2.44. The molecule has 0 saturated carbocycles. The smallest absolute Gasteiger partial charge is 0.163 e. The highest BCUT2D eigenvalue weighted by atomic mass is 16.7. The molecule has 0 spiro atoms. The Bertz CT molecular complexity index is 257. The van der Waals surface area contributed by atoms with E-state index in [-0.39, 0.29) is 5.78 Å². The molecule has 0 aliphatic carbocycles. The van der Waals surface area contributed by atoms with Gasteiger partial charge in [0.25, 0.3) is 0 Å². The number of ether oxygens (including phenoxy) is 2. The van der Waals surface area contributed by atoms with Crippen LogP contribution in [-0.4, -0.2) is 35.5 Å². The van der Waals surface area contributed by atoms with Crippen molar-refractivity contribution in [1.82, 2.24) is 0 Å². The molecule has 0 radical (unpaired) electrons. The molecule has 2 atom stereocenters. The Labute approximate surface area is 90.6 Å². The van der Waals surface area contributed by atoms with E-state index in [0.29, 0.717) is 6.61 Å². The minimum Gasteiger partial charge on any atom is -0.389 e. The second-order valence-corrected chi connectivity index (χ2v) is 5.09. The Morgan fingerprint density at radius 1 is 1.53 bits per heavy atom. The van der Waals surface area contributed by atoms with E-state index < -0.39 is 23.4 Å². The molecule has 1 rings (SSSR count). The van der Waals surface area contributed by atoms with E-state index in [0.717, 1.165) is 0 Å². The van der Waals surface area contributed by atoms with Crippen molar-refractivity contribution in [2.75, 3.05) is 6.61 Å². The van der Waals surface area contributed by atoms with Crippen LogP contribution in [0.2, 0.25) is 0 Å². The maximum atomic E-state index is 11.4. The zero-order valence-electron chi connectivity index (χ0n) is 10.0. The van der Waals surface area contributed by atoms with Gasteiger partial charge in [-0.05, 0) is 20.8 Å². The van der Waals surface area contributed by atoms with Crippen molar-refractivity contribution in [2.45, 2.75) is 52.6 Å². The monoisotopic (exact) mass is 216 g/mol. The summed E-state index contributed by atoms with van der Waals surface area (Å²) in [5.74, 6) is -0.721. The molecule has 1 heterocycles. The van der Waals surface area contributed by atoms with Crippen molar-refractivity contribution in [2.24, 2.45) is 5.41 Å². The number of ketones is 1. The summed E-state index contributed by atoms with van der Waals surface area (Å²) in [4.78, 5) is 11.4. The molecule has 1 N–H and O–H groups in total. The summed E-state index contributed by atoms with van der Waals surface area (Å²) in [5, 5.41) is 10.1. The minimum absolute atomic E-state index is 0.0525. The van der Waals surface area contributed by atoms with E-state index in [4.69, 9.17) is 9.47 Å². The van der Waals surface area contributed by atoms with Gasteiger partial charge >= 0.3 is 0 Å². The van der Waals surface area contributed by atoms with Crippen LogP contribution in [0.5, 0.6) is 0 Å². The van der Waals surface area contributed by atoms with Gasteiger partial charge in [0.1, 0.15) is 11.9 Å². The number of carbonyl (C=O) groups excluding carboxylic acids is 1. The average molecular weight is 216 g/mol. The largest absolute Gasteiger partial charge is 0.389 e. The van der Waals surface area contributed by atoms with Gasteiger partial charge in [-0.2, -0.15) is 0 Å². The number of hydrogen-bond acceptors (Lipinski definition) is 4. The number of Topliss-reactive ketones (excluding diaryl/α,β-unsaturated/α-hetero) is 1. The van der Waals surface area contributed by atoms with Crippen LogP contribution in [0.1, 0.15) is 34.6 Å². The lowest BCUT2D eigenvalue weighted by molar-refractivity contribution is -0.165. The quantitative estimate of drug-likeness (QED) is 0.768. The molecule has 0 unspecified atom stereocenters. The molecule has 1 fully saturated rings. The van der Waals surface area contributed by atoms with Crippen LogP contribution >= 0.6 is 0 Å². The van der Waals surface area contributed by atoms with Crippen molar-refractivity contribution in [1.29, 1.82) is 0 Å². The Balaban J connectivity index is 2.70. The van der Waals surface area contributed by atoms with Crippen LogP contribution in [0, 0.1) is 5.41 Å². The molecular formula is C11H20O4. The topological polar surface area (TPSA) is 55.8 Å². The molecule has 88 valence electrons. The predicted octanol–water partition coefficient (Wildman–Crippen LogP) is 1.11. The van der Waals surface area contributed by atoms with E-state index >= 15 is 0 Å². The van der Waals surface area contributed by atoms with Gasteiger partial charge in [0.2, 0.25) is 0 Å². The van der Waals surface area contributed by atoms with Crippen LogP contribution in [0.4, 0.5) is 0 Å². The number of aliphatic hydroxyl groups is 1. The first-order valence-corrected chi connectivity index (χ1v) is 5.18. The number of hydrogen-bond donors (Lipinski definition) is 1. The van der Waals surface area contributed by atoms with Gasteiger partial charge in [0.05, 0.1) is 18.1 Å². The third kappa shape index (κ3) is 2.56. The molecule has 0 bridgehead atoms. The molecule has 0 amide bonds. The van der Waals surface area contributed by atoms with Crippen molar-refractivity contribution in [3.05, 3.63) is 0 Å². The predicted molar refractivity (Wildman–Crippen MR) is 55.4 cm³/mol. The summed E-state index contributed by atoms with van der Waals surface area (Å²) in [6.45, 7) is 8.82. The lowest BCUT2D eigenvalue weighted by Crippen LogP contribution is -2.45. The van der Waals surface area contributed by atoms with Crippen molar-refractivity contribution < 1.29 is 19.4 Å². The number of rotatable bonds is 3. The van der Waals surface area contributed by atoms with Crippen molar-refractivity contribution in [3.63, 3.8) is 0 Å². The highest BCUT2D eigenvalue weighted by molar-refractivity contribution is 5.82. The molecule has 15 heavy (non-hydrogen) atoms. The van der Waals surface area contributed by atoms with Gasteiger partial charge in [0.15, 0.2) is 5.79 Å². The summed E-state index contributed by atoms with van der Waals surface area (Å²) in [7, 11) is 0. The molecule has 1 saturated heterocycles. The Morgan fingerprint density at radius 2 is 2.07 bits per heavy atom. The van der Waals surface area contributed by atoms with Crippen LogP contribution in [0.15, 0.2) is 0 Å². The van der Waals surface area contributed by atoms with Gasteiger partial charge in [-0.25, -0.2) is 0 Å². The molecular weight excluding hydrogens is 196 g/mol. The molecule has 4 heteroatoms. The summed E-state index contributed by atoms with van der Waals surface area (Å²) in [6, 6.07) is 0. The first-order chi connectivity index (χ1) is 6.67. The standard InChI is InChI=1S/C11H20O4/c1-7(12)10(2,3)9(13)8-6-14-11(4,5)15-8/h8-9,13H,6H2,1-5H3/t8-,9+/m0/s1. The Kier molecular flexibility index (Phi) is 3.24. The van der Waals surface area contributed by atoms with E-state index in [9.17, 15) is 9.90 Å². The zero-order valence-corrected chi connectivity index (χ0v) is 10.0.